The molecule has 3 rings (SSSR count). The van der Waals surface area contributed by atoms with Gasteiger partial charge in [-0.3, -0.25) is 9.59 Å². The lowest BCUT2D eigenvalue weighted by Gasteiger charge is -2.27. The smallest absolute Gasteiger partial charge is 0.295 e. The maximum absolute atomic E-state index is 13.4. The van der Waals surface area contributed by atoms with Gasteiger partial charge in [0.05, 0.1) is 11.6 Å². The molecule has 1 unspecified atom stereocenters. The number of hydrogen-bond acceptors (Lipinski definition) is 4. The van der Waals surface area contributed by atoms with Crippen LogP contribution >= 0.6 is 11.6 Å². The summed E-state index contributed by atoms with van der Waals surface area (Å²) in [7, 11) is 0. The van der Waals surface area contributed by atoms with Crippen LogP contribution in [-0.4, -0.2) is 52.8 Å². The van der Waals surface area contributed by atoms with Crippen molar-refractivity contribution in [2.75, 3.05) is 26.2 Å². The van der Waals surface area contributed by atoms with Gasteiger partial charge in [-0.15, -0.1) is 0 Å². The fraction of sp³-hybridized carbons (Fsp3) is 0.429. The molecule has 1 fully saturated rings. The van der Waals surface area contributed by atoms with Crippen LogP contribution in [0, 0.1) is 5.82 Å². The Bertz CT molecular complexity index is 1030. The summed E-state index contributed by atoms with van der Waals surface area (Å²) in [6.45, 7) is 7.58. The molecule has 1 heterocycles. The minimum atomic E-state index is -0.739. The Hall–Kier alpha value is -2.70. The fourth-order valence-corrected chi connectivity index (χ4v) is 4.56. The second-order valence-corrected chi connectivity index (χ2v) is 9.39. The minimum Gasteiger partial charge on any atom is -0.507 e. The van der Waals surface area contributed by atoms with Crippen molar-refractivity contribution in [3.63, 3.8) is 0 Å². The van der Waals surface area contributed by atoms with Crippen molar-refractivity contribution in [2.24, 2.45) is 0 Å². The number of rotatable bonds is 12. The van der Waals surface area contributed by atoms with Gasteiger partial charge >= 0.3 is 0 Å². The van der Waals surface area contributed by atoms with Crippen molar-refractivity contribution in [2.45, 2.75) is 52.0 Å². The molecule has 0 aromatic heterocycles. The summed E-state index contributed by atoms with van der Waals surface area (Å²) in [5, 5.41) is 11.6. The summed E-state index contributed by atoms with van der Waals surface area (Å²) in [6.07, 6.45) is 5.20. The van der Waals surface area contributed by atoms with Gasteiger partial charge in [0.1, 0.15) is 11.6 Å². The highest BCUT2D eigenvalue weighted by molar-refractivity contribution is 6.46. The largest absolute Gasteiger partial charge is 0.507 e. The zero-order chi connectivity index (χ0) is 25.4. The van der Waals surface area contributed by atoms with Gasteiger partial charge in [-0.1, -0.05) is 50.4 Å². The molecule has 1 aliphatic rings. The van der Waals surface area contributed by atoms with E-state index in [1.165, 1.54) is 24.3 Å². The van der Waals surface area contributed by atoms with E-state index in [2.05, 4.69) is 18.7 Å². The zero-order valence-corrected chi connectivity index (χ0v) is 21.2. The number of likely N-dealkylation sites (tertiary alicyclic amines) is 1. The first kappa shape index (κ1) is 26.9. The van der Waals surface area contributed by atoms with Crippen LogP contribution in [0.15, 0.2) is 54.1 Å². The predicted octanol–water partition coefficient (Wildman–Crippen LogP) is 6.19. The van der Waals surface area contributed by atoms with E-state index in [1.54, 1.807) is 29.2 Å². The first-order chi connectivity index (χ1) is 16.9. The SMILES string of the molecule is CCCCN(CCCC)CCCN1C(=O)C(=O)/C(=C(/O)c2ccc(F)cc2)C1c1ccc(Cl)cc1. The molecule has 7 heteroatoms. The Balaban J connectivity index is 1.90. The number of halogens is 2. The minimum absolute atomic E-state index is 0.0118. The van der Waals surface area contributed by atoms with Crippen LogP contribution in [0.5, 0.6) is 0 Å². The number of aliphatic hydroxyl groups excluding tert-OH is 1. The van der Waals surface area contributed by atoms with Gasteiger partial charge in [-0.25, -0.2) is 4.39 Å². The first-order valence-electron chi connectivity index (χ1n) is 12.4. The average molecular weight is 501 g/mol. The van der Waals surface area contributed by atoms with Gasteiger partial charge < -0.3 is 14.9 Å². The number of hydrogen-bond donors (Lipinski definition) is 1. The number of carbonyl (C=O) groups is 2. The molecule has 0 bridgehead atoms. The summed E-state index contributed by atoms with van der Waals surface area (Å²) >= 11 is 6.07. The van der Waals surface area contributed by atoms with Gasteiger partial charge in [0.25, 0.3) is 11.7 Å². The normalized spacial score (nSPS) is 17.5. The highest BCUT2D eigenvalue weighted by atomic mass is 35.5. The zero-order valence-electron chi connectivity index (χ0n) is 20.5. The number of amides is 1. The molecule has 2 aromatic rings. The molecular weight excluding hydrogens is 467 g/mol. The molecule has 188 valence electrons. The Morgan fingerprint density at radius 1 is 0.943 bits per heavy atom. The van der Waals surface area contributed by atoms with Crippen LogP contribution in [0.4, 0.5) is 4.39 Å². The van der Waals surface area contributed by atoms with Crippen LogP contribution in [0.1, 0.15) is 63.1 Å². The quantitative estimate of drug-likeness (QED) is 0.214. The summed E-state index contributed by atoms with van der Waals surface area (Å²) < 4.78 is 13.4. The molecule has 1 saturated heterocycles. The van der Waals surface area contributed by atoms with Crippen LogP contribution in [0.25, 0.3) is 5.76 Å². The second-order valence-electron chi connectivity index (χ2n) is 8.95. The van der Waals surface area contributed by atoms with E-state index in [4.69, 9.17) is 11.6 Å². The van der Waals surface area contributed by atoms with Gasteiger partial charge in [0.15, 0.2) is 0 Å². The third-order valence-electron chi connectivity index (χ3n) is 6.37. The fourth-order valence-electron chi connectivity index (χ4n) is 4.43. The van der Waals surface area contributed by atoms with E-state index in [0.29, 0.717) is 23.6 Å². The summed E-state index contributed by atoms with van der Waals surface area (Å²) in [6, 6.07) is 11.4. The number of carbonyl (C=O) groups excluding carboxylic acids is 2. The Morgan fingerprint density at radius 2 is 1.51 bits per heavy atom. The Labute approximate surface area is 212 Å². The van der Waals surface area contributed by atoms with Crippen LogP contribution in [0.3, 0.4) is 0 Å². The molecule has 35 heavy (non-hydrogen) atoms. The standard InChI is InChI=1S/C28H34ClFN2O3/c1-3-5-16-31(17-6-4-2)18-7-19-32-25(20-8-12-22(29)13-9-20)24(27(34)28(32)35)26(33)21-10-14-23(30)15-11-21/h8-15,25,33H,3-7,16-19H2,1-2H3/b26-24+. The van der Waals surface area contributed by atoms with E-state index in [-0.39, 0.29) is 16.9 Å². The van der Waals surface area contributed by atoms with Crippen molar-refractivity contribution in [1.82, 2.24) is 9.80 Å². The molecule has 0 aliphatic carbocycles. The molecule has 0 radical (unpaired) electrons. The topological polar surface area (TPSA) is 60.9 Å². The van der Waals surface area contributed by atoms with Crippen LogP contribution < -0.4 is 0 Å². The lowest BCUT2D eigenvalue weighted by molar-refractivity contribution is -0.140. The monoisotopic (exact) mass is 500 g/mol. The van der Waals surface area contributed by atoms with Crippen molar-refractivity contribution in [1.29, 1.82) is 0 Å². The number of ketones is 1. The molecular formula is C28H34ClFN2O3. The molecule has 1 N–H and O–H groups in total. The first-order valence-corrected chi connectivity index (χ1v) is 12.8. The average Bonchev–Trinajstić information content (AvgIpc) is 3.10. The molecule has 5 nitrogen and oxygen atoms in total. The summed E-state index contributed by atoms with van der Waals surface area (Å²) in [4.78, 5) is 30.2. The van der Waals surface area contributed by atoms with Gasteiger partial charge in [0.2, 0.25) is 0 Å². The summed E-state index contributed by atoms with van der Waals surface area (Å²) in [5.41, 5.74) is 0.984. The lowest BCUT2D eigenvalue weighted by Crippen LogP contribution is -2.34. The number of Topliss-reactive ketones (excluding diaryl/α,β-unsaturated/α-hetero) is 1. The molecule has 1 atom stereocenters. The lowest BCUT2D eigenvalue weighted by atomic mass is 9.95. The molecule has 0 spiro atoms. The van der Waals surface area contributed by atoms with Crippen LogP contribution in [-0.2, 0) is 9.59 Å². The molecule has 1 aliphatic heterocycles. The van der Waals surface area contributed by atoms with Crippen molar-refractivity contribution < 1.29 is 19.1 Å². The second kappa shape index (κ2) is 12.8. The number of nitrogens with zero attached hydrogens (tertiary/aromatic N) is 2. The molecule has 2 aromatic carbocycles. The van der Waals surface area contributed by atoms with Gasteiger partial charge in [0, 0.05) is 17.1 Å². The van der Waals surface area contributed by atoms with E-state index in [1.807, 2.05) is 0 Å². The highest BCUT2D eigenvalue weighted by Gasteiger charge is 2.45. The summed E-state index contributed by atoms with van der Waals surface area (Å²) in [5.74, 6) is -2.13. The molecule has 1 amide bonds. The van der Waals surface area contributed by atoms with E-state index < -0.39 is 23.5 Å². The molecule has 0 saturated carbocycles. The van der Waals surface area contributed by atoms with Gasteiger partial charge in [-0.2, -0.15) is 0 Å². The number of aliphatic hydroxyl groups is 1. The van der Waals surface area contributed by atoms with E-state index in [0.717, 1.165) is 45.3 Å². The predicted molar refractivity (Wildman–Crippen MR) is 138 cm³/mol. The maximum Gasteiger partial charge on any atom is 0.295 e. The van der Waals surface area contributed by atoms with Gasteiger partial charge in [-0.05, 0) is 80.9 Å². The maximum atomic E-state index is 13.4. The third-order valence-corrected chi connectivity index (χ3v) is 6.62. The van der Waals surface area contributed by atoms with E-state index in [9.17, 15) is 19.1 Å². The Morgan fingerprint density at radius 3 is 2.09 bits per heavy atom. The van der Waals surface area contributed by atoms with Crippen LogP contribution in [0.2, 0.25) is 5.02 Å². The van der Waals surface area contributed by atoms with Crippen molar-refractivity contribution in [3.05, 3.63) is 76.1 Å². The third kappa shape index (κ3) is 6.71. The number of unbranched alkanes of at least 4 members (excludes halogenated alkanes) is 2. The van der Waals surface area contributed by atoms with Crippen molar-refractivity contribution in [3.8, 4) is 0 Å². The number of benzene rings is 2. The van der Waals surface area contributed by atoms with E-state index >= 15 is 0 Å². The van der Waals surface area contributed by atoms with Crippen molar-refractivity contribution >= 4 is 29.1 Å². The highest BCUT2D eigenvalue weighted by Crippen LogP contribution is 2.39. The Kier molecular flexibility index (Phi) is 9.87.